The zero-order valence-electron chi connectivity index (χ0n) is 11.0. The van der Waals surface area contributed by atoms with Gasteiger partial charge < -0.3 is 9.88 Å². The molecule has 0 radical (unpaired) electrons. The number of rotatable bonds is 5. The molecule has 0 unspecified atom stereocenters. The van der Waals surface area contributed by atoms with Crippen molar-refractivity contribution in [1.82, 2.24) is 14.8 Å². The molecule has 0 atom stereocenters. The Balaban J connectivity index is 1.85. The smallest absolute Gasteiger partial charge is 0.234 e. The summed E-state index contributed by atoms with van der Waals surface area (Å²) in [4.78, 5) is 11.8. The van der Waals surface area contributed by atoms with Crippen LogP contribution in [0.1, 0.15) is 12.5 Å². The Morgan fingerprint density at radius 3 is 2.68 bits per heavy atom. The molecular weight excluding hydrogens is 260 g/mol. The molecule has 1 aromatic carbocycles. The number of hydrogen-bond donors (Lipinski definition) is 1. The Hall–Kier alpha value is -1.82. The number of carbonyl (C=O) groups is 1. The van der Waals surface area contributed by atoms with Crippen LogP contribution in [0.25, 0.3) is 0 Å². The Labute approximate surface area is 116 Å². The molecule has 0 fully saturated rings. The van der Waals surface area contributed by atoms with E-state index in [-0.39, 0.29) is 5.91 Å². The van der Waals surface area contributed by atoms with E-state index >= 15 is 0 Å². The van der Waals surface area contributed by atoms with Crippen LogP contribution in [0.2, 0.25) is 0 Å². The molecule has 1 heterocycles. The van der Waals surface area contributed by atoms with Gasteiger partial charge in [0.2, 0.25) is 5.91 Å². The SMILES string of the molecule is CCc1ccc(NC(=O)CSc2nncn2C)cc1. The van der Waals surface area contributed by atoms with Gasteiger partial charge in [-0.1, -0.05) is 30.8 Å². The summed E-state index contributed by atoms with van der Waals surface area (Å²) in [5.41, 5.74) is 2.08. The minimum Gasteiger partial charge on any atom is -0.325 e. The molecule has 1 aromatic heterocycles. The second-order valence-electron chi connectivity index (χ2n) is 4.11. The highest BCUT2D eigenvalue weighted by Crippen LogP contribution is 2.15. The zero-order valence-corrected chi connectivity index (χ0v) is 11.8. The summed E-state index contributed by atoms with van der Waals surface area (Å²) in [7, 11) is 1.85. The van der Waals surface area contributed by atoms with Gasteiger partial charge in [-0.05, 0) is 24.1 Å². The van der Waals surface area contributed by atoms with Gasteiger partial charge in [-0.25, -0.2) is 0 Å². The maximum absolute atomic E-state index is 11.8. The van der Waals surface area contributed by atoms with Crippen LogP contribution in [0.15, 0.2) is 35.7 Å². The minimum atomic E-state index is -0.0442. The van der Waals surface area contributed by atoms with E-state index in [2.05, 4.69) is 22.4 Å². The van der Waals surface area contributed by atoms with Crippen LogP contribution in [-0.2, 0) is 18.3 Å². The highest BCUT2D eigenvalue weighted by molar-refractivity contribution is 7.99. The lowest BCUT2D eigenvalue weighted by Crippen LogP contribution is -2.14. The number of amides is 1. The number of nitrogens with zero attached hydrogens (tertiary/aromatic N) is 3. The largest absolute Gasteiger partial charge is 0.325 e. The fraction of sp³-hybridized carbons (Fsp3) is 0.308. The van der Waals surface area contributed by atoms with Crippen molar-refractivity contribution in [2.45, 2.75) is 18.5 Å². The predicted octanol–water partition coefficient (Wildman–Crippen LogP) is 2.11. The maximum atomic E-state index is 11.8. The first-order valence-electron chi connectivity index (χ1n) is 6.04. The van der Waals surface area contributed by atoms with Gasteiger partial charge >= 0.3 is 0 Å². The van der Waals surface area contributed by atoms with Crippen molar-refractivity contribution in [3.05, 3.63) is 36.2 Å². The summed E-state index contributed by atoms with van der Waals surface area (Å²) >= 11 is 1.37. The van der Waals surface area contributed by atoms with E-state index in [0.29, 0.717) is 5.75 Å². The number of anilines is 1. The second-order valence-corrected chi connectivity index (χ2v) is 5.05. The fourth-order valence-electron chi connectivity index (χ4n) is 1.55. The van der Waals surface area contributed by atoms with Crippen LogP contribution in [0.5, 0.6) is 0 Å². The lowest BCUT2D eigenvalue weighted by Gasteiger charge is -2.05. The molecule has 1 amide bonds. The second kappa shape index (κ2) is 6.38. The van der Waals surface area contributed by atoms with Crippen molar-refractivity contribution in [2.75, 3.05) is 11.1 Å². The Morgan fingerprint density at radius 2 is 2.11 bits per heavy atom. The van der Waals surface area contributed by atoms with E-state index in [1.54, 1.807) is 10.9 Å². The quantitative estimate of drug-likeness (QED) is 0.850. The molecule has 2 aromatic rings. The molecule has 0 aliphatic rings. The zero-order chi connectivity index (χ0) is 13.7. The van der Waals surface area contributed by atoms with Crippen molar-refractivity contribution >= 4 is 23.4 Å². The number of thioether (sulfide) groups is 1. The molecule has 0 saturated carbocycles. The normalized spacial score (nSPS) is 10.4. The lowest BCUT2D eigenvalue weighted by atomic mass is 10.1. The number of aromatic nitrogens is 3. The van der Waals surface area contributed by atoms with E-state index in [4.69, 9.17) is 0 Å². The first-order valence-corrected chi connectivity index (χ1v) is 7.03. The van der Waals surface area contributed by atoms with Crippen LogP contribution in [0, 0.1) is 0 Å². The van der Waals surface area contributed by atoms with Crippen LogP contribution in [0.3, 0.4) is 0 Å². The van der Waals surface area contributed by atoms with Crippen molar-refractivity contribution < 1.29 is 4.79 Å². The Bertz CT molecular complexity index is 550. The van der Waals surface area contributed by atoms with Gasteiger partial charge in [-0.2, -0.15) is 0 Å². The van der Waals surface area contributed by atoms with Crippen LogP contribution in [-0.4, -0.2) is 26.4 Å². The molecule has 0 saturated heterocycles. The monoisotopic (exact) mass is 276 g/mol. The lowest BCUT2D eigenvalue weighted by molar-refractivity contribution is -0.113. The van der Waals surface area contributed by atoms with Gasteiger partial charge in [0.15, 0.2) is 5.16 Å². The molecule has 19 heavy (non-hydrogen) atoms. The molecule has 1 N–H and O–H groups in total. The number of carbonyl (C=O) groups excluding carboxylic acids is 1. The van der Waals surface area contributed by atoms with Crippen molar-refractivity contribution in [1.29, 1.82) is 0 Å². The maximum Gasteiger partial charge on any atom is 0.234 e. The topological polar surface area (TPSA) is 59.8 Å². The molecule has 5 nitrogen and oxygen atoms in total. The van der Waals surface area contributed by atoms with Gasteiger partial charge in [0.05, 0.1) is 5.75 Å². The summed E-state index contributed by atoms with van der Waals surface area (Å²) in [6.45, 7) is 2.10. The first-order chi connectivity index (χ1) is 9.19. The molecule has 0 spiro atoms. The first kappa shape index (κ1) is 13.6. The van der Waals surface area contributed by atoms with E-state index in [0.717, 1.165) is 17.3 Å². The fourth-order valence-corrected chi connectivity index (χ4v) is 2.24. The number of benzene rings is 1. The minimum absolute atomic E-state index is 0.0442. The van der Waals surface area contributed by atoms with Gasteiger partial charge in [0, 0.05) is 12.7 Å². The molecule has 0 bridgehead atoms. The van der Waals surface area contributed by atoms with Crippen LogP contribution in [0.4, 0.5) is 5.69 Å². The summed E-state index contributed by atoms with van der Waals surface area (Å²) < 4.78 is 1.79. The summed E-state index contributed by atoms with van der Waals surface area (Å²) in [6, 6.07) is 7.88. The van der Waals surface area contributed by atoms with Crippen molar-refractivity contribution in [3.8, 4) is 0 Å². The van der Waals surface area contributed by atoms with Gasteiger partial charge in [0.25, 0.3) is 0 Å². The average Bonchev–Trinajstić information content (AvgIpc) is 2.83. The van der Waals surface area contributed by atoms with Crippen molar-refractivity contribution in [2.24, 2.45) is 7.05 Å². The van der Waals surface area contributed by atoms with E-state index in [1.165, 1.54) is 17.3 Å². The van der Waals surface area contributed by atoms with Gasteiger partial charge in [-0.15, -0.1) is 10.2 Å². The number of nitrogens with one attached hydrogen (secondary N) is 1. The van der Waals surface area contributed by atoms with E-state index in [9.17, 15) is 4.79 Å². The highest BCUT2D eigenvalue weighted by atomic mass is 32.2. The Kier molecular flexibility index (Phi) is 4.57. The summed E-state index contributed by atoms with van der Waals surface area (Å²) in [6.07, 6.45) is 2.61. The van der Waals surface area contributed by atoms with Crippen LogP contribution >= 0.6 is 11.8 Å². The van der Waals surface area contributed by atoms with E-state index in [1.807, 2.05) is 31.3 Å². The number of hydrogen-bond acceptors (Lipinski definition) is 4. The molecular formula is C13H16N4OS. The highest BCUT2D eigenvalue weighted by Gasteiger charge is 2.07. The molecule has 0 aliphatic heterocycles. The summed E-state index contributed by atoms with van der Waals surface area (Å²) in [5.74, 6) is 0.277. The third kappa shape index (κ3) is 3.82. The predicted molar refractivity (Wildman–Crippen MR) is 76.2 cm³/mol. The van der Waals surface area contributed by atoms with Gasteiger partial charge in [-0.3, -0.25) is 4.79 Å². The third-order valence-corrected chi connectivity index (χ3v) is 3.68. The molecule has 0 aliphatic carbocycles. The molecule has 100 valence electrons. The average molecular weight is 276 g/mol. The molecule has 2 rings (SSSR count). The van der Waals surface area contributed by atoms with E-state index < -0.39 is 0 Å². The standard InChI is InChI=1S/C13H16N4OS/c1-3-10-4-6-11(7-5-10)15-12(18)8-19-13-16-14-9-17(13)2/h4-7,9H,3,8H2,1-2H3,(H,15,18). The van der Waals surface area contributed by atoms with Gasteiger partial charge in [0.1, 0.15) is 6.33 Å². The number of aryl methyl sites for hydroxylation is 2. The molecule has 6 heteroatoms. The summed E-state index contributed by atoms with van der Waals surface area (Å²) in [5, 5.41) is 11.3. The van der Waals surface area contributed by atoms with Crippen molar-refractivity contribution in [3.63, 3.8) is 0 Å². The third-order valence-electron chi connectivity index (χ3n) is 2.65. The Morgan fingerprint density at radius 1 is 1.37 bits per heavy atom. The van der Waals surface area contributed by atoms with Crippen LogP contribution < -0.4 is 5.32 Å².